The SMILES string of the molecule is CCCCC/C=C\C/C=C\CCCCCCCCCC(=O)OCCCCCCCCCCCCCCCCCCCCCCCCCCCCCCCCC(=O)NC(CO)C(O)CCCCCCCCCCCCCC. The molecule has 0 heterocycles. The fourth-order valence-corrected chi connectivity index (χ4v) is 11.0. The second kappa shape index (κ2) is 65.9. The van der Waals surface area contributed by atoms with E-state index in [4.69, 9.17) is 4.74 Å². The van der Waals surface area contributed by atoms with Crippen molar-refractivity contribution < 1.29 is 24.5 Å². The number of hydrogen-bond acceptors (Lipinski definition) is 5. The first kappa shape index (κ1) is 74.3. The number of ether oxygens (including phenoxy) is 1. The van der Waals surface area contributed by atoms with Crippen molar-refractivity contribution in [3.63, 3.8) is 0 Å². The van der Waals surface area contributed by atoms with Crippen molar-refractivity contribution in [1.82, 2.24) is 5.32 Å². The monoisotopic (exact) mass is 1070 g/mol. The first-order valence-electron chi connectivity index (χ1n) is 34.6. The van der Waals surface area contributed by atoms with Gasteiger partial charge in [0.05, 0.1) is 25.4 Å². The highest BCUT2D eigenvalue weighted by molar-refractivity contribution is 5.76. The third-order valence-corrected chi connectivity index (χ3v) is 16.3. The van der Waals surface area contributed by atoms with Crippen LogP contribution in [-0.2, 0) is 14.3 Å². The summed E-state index contributed by atoms with van der Waals surface area (Å²) in [7, 11) is 0. The highest BCUT2D eigenvalue weighted by atomic mass is 16.5. The van der Waals surface area contributed by atoms with Gasteiger partial charge in [-0.05, 0) is 57.8 Å². The Morgan fingerprint density at radius 2 is 0.658 bits per heavy atom. The maximum Gasteiger partial charge on any atom is 0.305 e. The topological polar surface area (TPSA) is 95.9 Å². The molecule has 0 spiro atoms. The molecule has 0 fully saturated rings. The van der Waals surface area contributed by atoms with E-state index >= 15 is 0 Å². The van der Waals surface area contributed by atoms with Gasteiger partial charge in [-0.15, -0.1) is 0 Å². The minimum atomic E-state index is -0.660. The van der Waals surface area contributed by atoms with Gasteiger partial charge < -0.3 is 20.3 Å². The molecule has 450 valence electrons. The Kier molecular flexibility index (Phi) is 64.4. The number of nitrogens with one attached hydrogen (secondary N) is 1. The van der Waals surface area contributed by atoms with E-state index in [9.17, 15) is 19.8 Å². The summed E-state index contributed by atoms with van der Waals surface area (Å²) in [6, 6.07) is -0.537. The Bertz CT molecular complexity index is 1190. The number of esters is 1. The number of aliphatic hydroxyl groups is 2. The molecule has 6 nitrogen and oxygen atoms in total. The molecule has 0 bridgehead atoms. The Labute approximate surface area is 475 Å². The second-order valence-corrected chi connectivity index (χ2v) is 23.9. The lowest BCUT2D eigenvalue weighted by molar-refractivity contribution is -0.143. The number of allylic oxidation sites excluding steroid dienone is 4. The van der Waals surface area contributed by atoms with E-state index in [0.29, 0.717) is 25.9 Å². The second-order valence-electron chi connectivity index (χ2n) is 23.9. The average molecular weight is 1070 g/mol. The Hall–Kier alpha value is -1.66. The van der Waals surface area contributed by atoms with Gasteiger partial charge in [-0.1, -0.05) is 340 Å². The molecule has 0 radical (unpaired) electrons. The molecule has 0 aromatic heterocycles. The van der Waals surface area contributed by atoms with Crippen molar-refractivity contribution >= 4 is 11.9 Å². The third kappa shape index (κ3) is 61.6. The number of carbonyl (C=O) groups excluding carboxylic acids is 2. The maximum atomic E-state index is 12.5. The summed E-state index contributed by atoms with van der Waals surface area (Å²) in [5.74, 6) is -0.0168. The standard InChI is InChI=1S/C70H135NO5/c1-3-5-7-9-11-13-15-17-18-33-37-40-44-48-52-56-60-64-70(75)76-65-61-57-53-49-45-41-38-35-32-30-28-26-24-22-20-19-21-23-25-27-29-31-34-36-39-43-47-51-55-59-63-69(74)71-67(66-72)68(73)62-58-54-50-46-42-16-14-12-10-8-6-4-2/h11,13,17-18,67-68,72-73H,3-10,12,14-16,19-66H2,1-2H3,(H,71,74)/b13-11-,18-17-. The zero-order valence-electron chi connectivity index (χ0n) is 51.5. The molecule has 0 aliphatic rings. The van der Waals surface area contributed by atoms with Crippen LogP contribution in [-0.4, -0.2) is 47.4 Å². The molecule has 2 unspecified atom stereocenters. The van der Waals surface area contributed by atoms with Gasteiger partial charge in [0.15, 0.2) is 0 Å². The van der Waals surface area contributed by atoms with Gasteiger partial charge in [0, 0.05) is 12.8 Å². The predicted octanol–water partition coefficient (Wildman–Crippen LogP) is 22.1. The van der Waals surface area contributed by atoms with Gasteiger partial charge in [-0.2, -0.15) is 0 Å². The Morgan fingerprint density at radius 3 is 1.03 bits per heavy atom. The Balaban J connectivity index is 3.31. The lowest BCUT2D eigenvalue weighted by Gasteiger charge is -2.22. The number of hydrogen-bond donors (Lipinski definition) is 3. The summed E-state index contributed by atoms with van der Waals surface area (Å²) in [5, 5.41) is 23.3. The van der Waals surface area contributed by atoms with Crippen LogP contribution in [0, 0.1) is 0 Å². The van der Waals surface area contributed by atoms with Crippen LogP contribution in [0.1, 0.15) is 386 Å². The van der Waals surface area contributed by atoms with Crippen molar-refractivity contribution in [1.29, 1.82) is 0 Å². The maximum absolute atomic E-state index is 12.5. The zero-order chi connectivity index (χ0) is 55.0. The first-order chi connectivity index (χ1) is 37.5. The lowest BCUT2D eigenvalue weighted by atomic mass is 10.0. The molecule has 0 aromatic rings. The molecule has 0 saturated heterocycles. The summed E-state index contributed by atoms with van der Waals surface area (Å²) >= 11 is 0. The van der Waals surface area contributed by atoms with Crippen molar-refractivity contribution in [2.75, 3.05) is 13.2 Å². The van der Waals surface area contributed by atoms with Gasteiger partial charge in [0.25, 0.3) is 0 Å². The number of unbranched alkanes of at least 4 members (excludes halogenated alkanes) is 50. The van der Waals surface area contributed by atoms with Gasteiger partial charge in [0.1, 0.15) is 0 Å². The fourth-order valence-electron chi connectivity index (χ4n) is 11.0. The molecular formula is C70H135NO5. The van der Waals surface area contributed by atoms with E-state index in [1.807, 2.05) is 0 Å². The molecule has 1 amide bonds. The largest absolute Gasteiger partial charge is 0.466 e. The molecule has 2 atom stereocenters. The number of carbonyl (C=O) groups is 2. The first-order valence-corrected chi connectivity index (χ1v) is 34.6. The molecule has 0 saturated carbocycles. The highest BCUT2D eigenvalue weighted by Crippen LogP contribution is 2.19. The average Bonchev–Trinajstić information content (AvgIpc) is 3.42. The fraction of sp³-hybridized carbons (Fsp3) is 0.914. The summed E-state index contributed by atoms with van der Waals surface area (Å²) in [6.45, 7) is 4.95. The number of rotatable bonds is 65. The van der Waals surface area contributed by atoms with Crippen LogP contribution in [0.5, 0.6) is 0 Å². The molecule has 6 heteroatoms. The number of aliphatic hydroxyl groups excluding tert-OH is 2. The molecule has 0 aromatic carbocycles. The quantitative estimate of drug-likeness (QED) is 0.0320. The van der Waals surface area contributed by atoms with E-state index in [1.54, 1.807) is 0 Å². The normalized spacial score (nSPS) is 12.6. The van der Waals surface area contributed by atoms with Gasteiger partial charge in [-0.25, -0.2) is 0 Å². The van der Waals surface area contributed by atoms with Crippen LogP contribution in [0.15, 0.2) is 24.3 Å². The Morgan fingerprint density at radius 1 is 0.368 bits per heavy atom. The lowest BCUT2D eigenvalue weighted by Crippen LogP contribution is -2.45. The van der Waals surface area contributed by atoms with Gasteiger partial charge >= 0.3 is 5.97 Å². The van der Waals surface area contributed by atoms with Crippen LogP contribution >= 0.6 is 0 Å². The number of amides is 1. The van der Waals surface area contributed by atoms with Crippen molar-refractivity contribution in [3.05, 3.63) is 24.3 Å². The van der Waals surface area contributed by atoms with Crippen LogP contribution in [0.25, 0.3) is 0 Å². The summed E-state index contributed by atoms with van der Waals surface area (Å²) in [4.78, 5) is 24.6. The zero-order valence-corrected chi connectivity index (χ0v) is 51.5. The molecule has 3 N–H and O–H groups in total. The van der Waals surface area contributed by atoms with Crippen LogP contribution in [0.4, 0.5) is 0 Å². The van der Waals surface area contributed by atoms with Crippen molar-refractivity contribution in [3.8, 4) is 0 Å². The minimum absolute atomic E-state index is 0.0128. The van der Waals surface area contributed by atoms with E-state index in [1.165, 1.54) is 302 Å². The minimum Gasteiger partial charge on any atom is -0.466 e. The van der Waals surface area contributed by atoms with Gasteiger partial charge in [0.2, 0.25) is 5.91 Å². The summed E-state index contributed by atoms with van der Waals surface area (Å²) in [5.41, 5.74) is 0. The van der Waals surface area contributed by atoms with Gasteiger partial charge in [-0.3, -0.25) is 9.59 Å². The van der Waals surface area contributed by atoms with E-state index in [0.717, 1.165) is 51.4 Å². The molecule has 0 aliphatic carbocycles. The van der Waals surface area contributed by atoms with Crippen LogP contribution < -0.4 is 5.32 Å². The van der Waals surface area contributed by atoms with E-state index in [2.05, 4.69) is 43.5 Å². The smallest absolute Gasteiger partial charge is 0.305 e. The summed E-state index contributed by atoms with van der Waals surface area (Å²) in [6.07, 6.45) is 82.3. The van der Waals surface area contributed by atoms with Crippen LogP contribution in [0.3, 0.4) is 0 Å². The van der Waals surface area contributed by atoms with Crippen molar-refractivity contribution in [2.45, 2.75) is 398 Å². The van der Waals surface area contributed by atoms with Crippen LogP contribution in [0.2, 0.25) is 0 Å². The predicted molar refractivity (Wildman–Crippen MR) is 333 cm³/mol. The molecule has 0 rings (SSSR count). The van der Waals surface area contributed by atoms with E-state index < -0.39 is 12.1 Å². The molecule has 0 aliphatic heterocycles. The highest BCUT2D eigenvalue weighted by Gasteiger charge is 2.20. The third-order valence-electron chi connectivity index (χ3n) is 16.3. The molecular weight excluding hydrogens is 935 g/mol. The summed E-state index contributed by atoms with van der Waals surface area (Å²) < 4.78 is 5.50. The van der Waals surface area contributed by atoms with E-state index in [-0.39, 0.29) is 18.5 Å². The van der Waals surface area contributed by atoms with Crippen molar-refractivity contribution in [2.24, 2.45) is 0 Å². The molecule has 76 heavy (non-hydrogen) atoms.